The third-order valence-corrected chi connectivity index (χ3v) is 6.91. The van der Waals surface area contributed by atoms with E-state index in [4.69, 9.17) is 4.74 Å². The van der Waals surface area contributed by atoms with E-state index in [0.717, 1.165) is 57.2 Å². The first-order chi connectivity index (χ1) is 15.2. The van der Waals surface area contributed by atoms with E-state index < -0.39 is 0 Å². The van der Waals surface area contributed by atoms with Crippen LogP contribution in [0.5, 0.6) is 5.75 Å². The summed E-state index contributed by atoms with van der Waals surface area (Å²) in [6.07, 6.45) is 5.92. The molecule has 1 N–H and O–H groups in total. The Kier molecular flexibility index (Phi) is 5.43. The molecule has 3 fully saturated rings. The summed E-state index contributed by atoms with van der Waals surface area (Å²) < 4.78 is 6.08. The van der Waals surface area contributed by atoms with Gasteiger partial charge in [-0.1, -0.05) is 42.5 Å². The lowest BCUT2D eigenvalue weighted by Gasteiger charge is -2.34. The summed E-state index contributed by atoms with van der Waals surface area (Å²) in [6, 6.07) is 18.0. The SMILES string of the molecule is O=C(NC1CC1)c1ccccc1OCC1CCN(C(=O)C2(c3ccccc3)CC2)CC1. The number of benzene rings is 2. The minimum atomic E-state index is -0.279. The lowest BCUT2D eigenvalue weighted by atomic mass is 9.91. The van der Waals surface area contributed by atoms with Gasteiger partial charge in [0.25, 0.3) is 5.91 Å². The van der Waals surface area contributed by atoms with Crippen LogP contribution in [0, 0.1) is 5.92 Å². The maximum Gasteiger partial charge on any atom is 0.255 e. The highest BCUT2D eigenvalue weighted by Gasteiger charge is 2.53. The molecule has 162 valence electrons. The highest BCUT2D eigenvalue weighted by Crippen LogP contribution is 2.49. The van der Waals surface area contributed by atoms with Gasteiger partial charge in [-0.25, -0.2) is 0 Å². The zero-order valence-electron chi connectivity index (χ0n) is 17.9. The molecule has 2 aromatic rings. The number of piperidine rings is 1. The zero-order valence-corrected chi connectivity index (χ0v) is 17.9. The number of nitrogens with one attached hydrogen (secondary N) is 1. The molecule has 0 atom stereocenters. The van der Waals surface area contributed by atoms with Gasteiger partial charge in [-0.3, -0.25) is 9.59 Å². The number of nitrogens with zero attached hydrogens (tertiary/aromatic N) is 1. The second-order valence-electron chi connectivity index (χ2n) is 9.24. The van der Waals surface area contributed by atoms with Gasteiger partial charge in [-0.2, -0.15) is 0 Å². The number of carbonyl (C=O) groups excluding carboxylic acids is 2. The summed E-state index contributed by atoms with van der Waals surface area (Å²) in [4.78, 5) is 27.7. The molecule has 1 saturated heterocycles. The number of hydrogen-bond donors (Lipinski definition) is 1. The predicted octanol–water partition coefficient (Wildman–Crippen LogP) is 3.93. The molecule has 1 heterocycles. The lowest BCUT2D eigenvalue weighted by molar-refractivity contribution is -0.135. The number of rotatable bonds is 7. The van der Waals surface area contributed by atoms with E-state index in [1.54, 1.807) is 0 Å². The average Bonchev–Trinajstić information content (AvgIpc) is 3.74. The zero-order chi connectivity index (χ0) is 21.3. The first kappa shape index (κ1) is 20.1. The van der Waals surface area contributed by atoms with E-state index in [0.29, 0.717) is 35.8 Å². The summed E-state index contributed by atoms with van der Waals surface area (Å²) in [5.41, 5.74) is 1.49. The van der Waals surface area contributed by atoms with Crippen molar-refractivity contribution in [3.63, 3.8) is 0 Å². The molecular formula is C26H30N2O3. The van der Waals surface area contributed by atoms with E-state index >= 15 is 0 Å². The van der Waals surface area contributed by atoms with Crippen molar-refractivity contribution in [2.45, 2.75) is 50.0 Å². The summed E-state index contributed by atoms with van der Waals surface area (Å²) in [7, 11) is 0. The molecule has 2 aromatic carbocycles. The van der Waals surface area contributed by atoms with Crippen LogP contribution in [-0.2, 0) is 10.2 Å². The molecule has 5 heteroatoms. The normalized spacial score (nSPS) is 20.2. The number of amides is 2. The van der Waals surface area contributed by atoms with Crippen LogP contribution < -0.4 is 10.1 Å². The number of para-hydroxylation sites is 1. The molecule has 0 unspecified atom stereocenters. The number of ether oxygens (including phenoxy) is 1. The average molecular weight is 419 g/mol. The summed E-state index contributed by atoms with van der Waals surface area (Å²) in [6.45, 7) is 2.15. The van der Waals surface area contributed by atoms with E-state index in [-0.39, 0.29) is 11.3 Å². The molecule has 3 aliphatic rings. The molecule has 5 rings (SSSR count). The van der Waals surface area contributed by atoms with Gasteiger partial charge in [-0.05, 0) is 62.1 Å². The van der Waals surface area contributed by atoms with Crippen molar-refractivity contribution >= 4 is 11.8 Å². The van der Waals surface area contributed by atoms with Gasteiger partial charge in [0.15, 0.2) is 0 Å². The van der Waals surface area contributed by atoms with Crippen LogP contribution in [0.25, 0.3) is 0 Å². The fourth-order valence-corrected chi connectivity index (χ4v) is 4.59. The Balaban J connectivity index is 1.14. The minimum Gasteiger partial charge on any atom is -0.492 e. The van der Waals surface area contributed by atoms with Crippen molar-refractivity contribution in [2.24, 2.45) is 5.92 Å². The van der Waals surface area contributed by atoms with Gasteiger partial charge >= 0.3 is 0 Å². The van der Waals surface area contributed by atoms with E-state index in [9.17, 15) is 9.59 Å². The summed E-state index contributed by atoms with van der Waals surface area (Å²) in [5.74, 6) is 1.30. The predicted molar refractivity (Wildman–Crippen MR) is 119 cm³/mol. The monoisotopic (exact) mass is 418 g/mol. The van der Waals surface area contributed by atoms with E-state index in [2.05, 4.69) is 17.4 Å². The molecule has 0 radical (unpaired) electrons. The Morgan fingerprint density at radius 3 is 2.29 bits per heavy atom. The molecule has 1 aliphatic heterocycles. The Morgan fingerprint density at radius 2 is 1.61 bits per heavy atom. The van der Waals surface area contributed by atoms with Gasteiger partial charge in [0.1, 0.15) is 5.75 Å². The van der Waals surface area contributed by atoms with Crippen LogP contribution in [0.15, 0.2) is 54.6 Å². The smallest absolute Gasteiger partial charge is 0.255 e. The largest absolute Gasteiger partial charge is 0.492 e. The summed E-state index contributed by atoms with van der Waals surface area (Å²) in [5, 5.41) is 3.04. The van der Waals surface area contributed by atoms with Gasteiger partial charge in [0.05, 0.1) is 17.6 Å². The van der Waals surface area contributed by atoms with Crippen molar-refractivity contribution in [1.82, 2.24) is 10.2 Å². The quantitative estimate of drug-likeness (QED) is 0.741. The van der Waals surface area contributed by atoms with Crippen LogP contribution in [0.3, 0.4) is 0 Å². The Morgan fingerprint density at radius 1 is 0.935 bits per heavy atom. The third-order valence-electron chi connectivity index (χ3n) is 6.91. The first-order valence-corrected chi connectivity index (χ1v) is 11.5. The first-order valence-electron chi connectivity index (χ1n) is 11.5. The van der Waals surface area contributed by atoms with Crippen LogP contribution in [-0.4, -0.2) is 42.5 Å². The highest BCUT2D eigenvalue weighted by molar-refractivity contribution is 5.97. The van der Waals surface area contributed by atoms with Gasteiger partial charge in [-0.15, -0.1) is 0 Å². The summed E-state index contributed by atoms with van der Waals surface area (Å²) >= 11 is 0. The van der Waals surface area contributed by atoms with Crippen LogP contribution >= 0.6 is 0 Å². The molecule has 0 bridgehead atoms. The van der Waals surface area contributed by atoms with E-state index in [1.165, 1.54) is 0 Å². The molecular weight excluding hydrogens is 388 g/mol. The van der Waals surface area contributed by atoms with Gasteiger partial charge in [0.2, 0.25) is 5.91 Å². The van der Waals surface area contributed by atoms with Gasteiger partial charge in [0, 0.05) is 19.1 Å². The van der Waals surface area contributed by atoms with Crippen molar-refractivity contribution in [3.8, 4) is 5.75 Å². The fourth-order valence-electron chi connectivity index (χ4n) is 4.59. The standard InChI is InChI=1S/C26H30N2O3/c29-24(27-21-10-11-21)22-8-4-5-9-23(22)31-18-19-12-16-28(17-13-19)25(30)26(14-15-26)20-6-2-1-3-7-20/h1-9,19,21H,10-18H2,(H,27,29). The molecule has 2 saturated carbocycles. The number of likely N-dealkylation sites (tertiary alicyclic amines) is 1. The molecule has 2 amide bonds. The fraction of sp³-hybridized carbons (Fsp3) is 0.462. The molecule has 0 spiro atoms. The maximum atomic E-state index is 13.2. The Hall–Kier alpha value is -2.82. The molecule has 2 aliphatic carbocycles. The second-order valence-corrected chi connectivity index (χ2v) is 9.24. The number of carbonyl (C=O) groups is 2. The maximum absolute atomic E-state index is 13.2. The molecule has 31 heavy (non-hydrogen) atoms. The van der Waals surface area contributed by atoms with Crippen LogP contribution in [0.1, 0.15) is 54.4 Å². The number of hydrogen-bond acceptors (Lipinski definition) is 3. The lowest BCUT2D eigenvalue weighted by Crippen LogP contribution is -2.44. The van der Waals surface area contributed by atoms with Crippen molar-refractivity contribution in [1.29, 1.82) is 0 Å². The Bertz CT molecular complexity index is 942. The molecule has 5 nitrogen and oxygen atoms in total. The topological polar surface area (TPSA) is 58.6 Å². The van der Waals surface area contributed by atoms with E-state index in [1.807, 2.05) is 47.4 Å². The van der Waals surface area contributed by atoms with Crippen molar-refractivity contribution in [3.05, 3.63) is 65.7 Å². The molecule has 0 aromatic heterocycles. The van der Waals surface area contributed by atoms with Crippen molar-refractivity contribution < 1.29 is 14.3 Å². The van der Waals surface area contributed by atoms with Crippen LogP contribution in [0.2, 0.25) is 0 Å². The van der Waals surface area contributed by atoms with Gasteiger partial charge < -0.3 is 15.0 Å². The second kappa shape index (κ2) is 8.37. The minimum absolute atomic E-state index is 0.0471. The van der Waals surface area contributed by atoms with Crippen molar-refractivity contribution in [2.75, 3.05) is 19.7 Å². The van der Waals surface area contributed by atoms with Crippen LogP contribution in [0.4, 0.5) is 0 Å². The Labute approximate surface area is 183 Å². The third kappa shape index (κ3) is 4.32. The highest BCUT2D eigenvalue weighted by atomic mass is 16.5.